The van der Waals surface area contributed by atoms with E-state index in [-0.39, 0.29) is 6.04 Å². The molecule has 0 aromatic heterocycles. The van der Waals surface area contributed by atoms with Crippen molar-refractivity contribution in [3.05, 3.63) is 0 Å². The van der Waals surface area contributed by atoms with E-state index in [2.05, 4.69) is 5.43 Å². The third kappa shape index (κ3) is 4.06. The summed E-state index contributed by atoms with van der Waals surface area (Å²) >= 11 is 0. The number of nitrogens with two attached hydrogens (primary N) is 1. The Bertz CT molecular complexity index is 275. The van der Waals surface area contributed by atoms with E-state index in [1.54, 1.807) is 21.0 Å². The van der Waals surface area contributed by atoms with E-state index in [0.29, 0.717) is 13.0 Å². The van der Waals surface area contributed by atoms with Crippen LogP contribution in [0, 0.1) is 0 Å². The monoisotopic (exact) mass is 238 g/mol. The topological polar surface area (TPSA) is 81.4 Å². The van der Waals surface area contributed by atoms with Gasteiger partial charge in [-0.2, -0.15) is 0 Å². The van der Waals surface area contributed by atoms with Crippen molar-refractivity contribution in [2.45, 2.75) is 37.5 Å². The van der Waals surface area contributed by atoms with Gasteiger partial charge in [0.1, 0.15) is 0 Å². The Morgan fingerprint density at radius 2 is 2.00 bits per heavy atom. The van der Waals surface area contributed by atoms with Gasteiger partial charge in [0, 0.05) is 26.0 Å². The molecule has 1 unspecified atom stereocenters. The Morgan fingerprint density at radius 1 is 1.47 bits per heavy atom. The van der Waals surface area contributed by atoms with Crippen LogP contribution in [0.15, 0.2) is 0 Å². The van der Waals surface area contributed by atoms with Crippen molar-refractivity contribution in [1.29, 1.82) is 0 Å². The van der Waals surface area contributed by atoms with Gasteiger partial charge >= 0.3 is 0 Å². The standard InChI is InChI=1S/C9H22N2O3S/c1-9(2,15(4,12)13)8(11-10)6-5-7-14-3/h8,11H,5-7,10H2,1-4H3. The summed E-state index contributed by atoms with van der Waals surface area (Å²) in [6, 6.07) is -0.261. The highest BCUT2D eigenvalue weighted by Gasteiger charge is 2.37. The highest BCUT2D eigenvalue weighted by atomic mass is 32.2. The van der Waals surface area contributed by atoms with E-state index >= 15 is 0 Å². The zero-order valence-corrected chi connectivity index (χ0v) is 10.7. The van der Waals surface area contributed by atoms with Gasteiger partial charge in [-0.05, 0) is 26.7 Å². The second-order valence-electron chi connectivity index (χ2n) is 4.23. The summed E-state index contributed by atoms with van der Waals surface area (Å²) in [6.45, 7) is 3.97. The van der Waals surface area contributed by atoms with Crippen LogP contribution in [-0.4, -0.2) is 39.2 Å². The molecule has 0 saturated heterocycles. The molecule has 6 heteroatoms. The molecule has 0 aliphatic carbocycles. The maximum Gasteiger partial charge on any atom is 0.154 e. The minimum absolute atomic E-state index is 0.261. The van der Waals surface area contributed by atoms with Gasteiger partial charge in [-0.1, -0.05) is 0 Å². The molecular weight excluding hydrogens is 216 g/mol. The summed E-state index contributed by atoms with van der Waals surface area (Å²) in [5.41, 5.74) is 2.57. The average molecular weight is 238 g/mol. The first kappa shape index (κ1) is 14.8. The number of ether oxygens (including phenoxy) is 1. The number of sulfone groups is 1. The van der Waals surface area contributed by atoms with E-state index in [1.807, 2.05) is 0 Å². The predicted octanol–water partition coefficient (Wildman–Crippen LogP) is 0.0681. The summed E-state index contributed by atoms with van der Waals surface area (Å²) in [5.74, 6) is 5.38. The second-order valence-corrected chi connectivity index (χ2v) is 6.83. The Balaban J connectivity index is 4.52. The van der Waals surface area contributed by atoms with Crippen molar-refractivity contribution in [3.8, 4) is 0 Å². The Hall–Kier alpha value is -0.170. The van der Waals surface area contributed by atoms with Crippen molar-refractivity contribution in [1.82, 2.24) is 5.43 Å². The van der Waals surface area contributed by atoms with Crippen LogP contribution in [0.5, 0.6) is 0 Å². The van der Waals surface area contributed by atoms with E-state index in [4.69, 9.17) is 10.6 Å². The molecule has 0 heterocycles. The highest BCUT2D eigenvalue weighted by Crippen LogP contribution is 2.22. The Kier molecular flexibility index (Phi) is 5.72. The molecule has 0 aromatic carbocycles. The minimum Gasteiger partial charge on any atom is -0.385 e. The van der Waals surface area contributed by atoms with Gasteiger partial charge in [-0.25, -0.2) is 8.42 Å². The molecule has 0 saturated carbocycles. The van der Waals surface area contributed by atoms with Gasteiger partial charge in [0.25, 0.3) is 0 Å². The van der Waals surface area contributed by atoms with Gasteiger partial charge < -0.3 is 4.74 Å². The zero-order valence-electron chi connectivity index (χ0n) is 9.91. The summed E-state index contributed by atoms with van der Waals surface area (Å²) in [4.78, 5) is 0. The van der Waals surface area contributed by atoms with E-state index in [0.717, 1.165) is 6.42 Å². The van der Waals surface area contributed by atoms with Crippen LogP contribution in [0.4, 0.5) is 0 Å². The van der Waals surface area contributed by atoms with Gasteiger partial charge in [0.15, 0.2) is 9.84 Å². The molecule has 0 aliphatic heterocycles. The van der Waals surface area contributed by atoms with Crippen molar-refractivity contribution in [2.75, 3.05) is 20.0 Å². The molecule has 5 nitrogen and oxygen atoms in total. The molecule has 0 aromatic rings. The molecule has 1 atom stereocenters. The molecule has 92 valence electrons. The molecule has 15 heavy (non-hydrogen) atoms. The van der Waals surface area contributed by atoms with Gasteiger partial charge in [-0.15, -0.1) is 0 Å². The normalized spacial score (nSPS) is 15.3. The summed E-state index contributed by atoms with van der Waals surface area (Å²) in [5, 5.41) is 0. The summed E-state index contributed by atoms with van der Waals surface area (Å²) < 4.78 is 27.2. The number of methoxy groups -OCH3 is 1. The van der Waals surface area contributed by atoms with Crippen molar-refractivity contribution < 1.29 is 13.2 Å². The van der Waals surface area contributed by atoms with Crippen LogP contribution in [0.2, 0.25) is 0 Å². The zero-order chi connectivity index (χ0) is 12.1. The lowest BCUT2D eigenvalue weighted by Gasteiger charge is -2.32. The molecule has 0 amide bonds. The van der Waals surface area contributed by atoms with E-state index in [1.165, 1.54) is 6.26 Å². The lowest BCUT2D eigenvalue weighted by molar-refractivity contribution is 0.186. The predicted molar refractivity (Wildman–Crippen MR) is 61.1 cm³/mol. The fraction of sp³-hybridized carbons (Fsp3) is 1.00. The number of rotatable bonds is 7. The average Bonchev–Trinajstić information content (AvgIpc) is 2.10. The first-order valence-electron chi connectivity index (χ1n) is 4.92. The molecular formula is C9H22N2O3S. The Labute approximate surface area is 92.3 Å². The minimum atomic E-state index is -3.13. The van der Waals surface area contributed by atoms with Crippen molar-refractivity contribution >= 4 is 9.84 Å². The maximum atomic E-state index is 11.6. The number of hydrogen-bond donors (Lipinski definition) is 2. The summed E-state index contributed by atoms with van der Waals surface area (Å²) in [6.07, 6.45) is 2.68. The lowest BCUT2D eigenvalue weighted by atomic mass is 9.99. The molecule has 0 bridgehead atoms. The largest absolute Gasteiger partial charge is 0.385 e. The molecule has 0 spiro atoms. The number of nitrogens with one attached hydrogen (secondary N) is 1. The van der Waals surface area contributed by atoms with Crippen LogP contribution >= 0.6 is 0 Å². The second kappa shape index (κ2) is 5.79. The molecule has 3 N–H and O–H groups in total. The van der Waals surface area contributed by atoms with Crippen molar-refractivity contribution in [3.63, 3.8) is 0 Å². The van der Waals surface area contributed by atoms with Gasteiger partial charge in [-0.3, -0.25) is 11.3 Å². The smallest absolute Gasteiger partial charge is 0.154 e. The molecule has 0 fully saturated rings. The maximum absolute atomic E-state index is 11.6. The molecule has 0 radical (unpaired) electrons. The molecule has 0 rings (SSSR count). The van der Waals surface area contributed by atoms with Crippen LogP contribution < -0.4 is 11.3 Å². The highest BCUT2D eigenvalue weighted by molar-refractivity contribution is 7.92. The van der Waals surface area contributed by atoms with Crippen LogP contribution in [0.1, 0.15) is 26.7 Å². The fourth-order valence-electron chi connectivity index (χ4n) is 1.32. The first-order valence-corrected chi connectivity index (χ1v) is 6.81. The van der Waals surface area contributed by atoms with Gasteiger partial charge in [0.2, 0.25) is 0 Å². The molecule has 0 aliphatic rings. The summed E-state index contributed by atoms with van der Waals surface area (Å²) in [7, 11) is -1.52. The quantitative estimate of drug-likeness (QED) is 0.372. The van der Waals surface area contributed by atoms with Crippen LogP contribution in [0.25, 0.3) is 0 Å². The Morgan fingerprint density at radius 3 is 2.33 bits per heavy atom. The number of hydrogen-bond acceptors (Lipinski definition) is 5. The first-order chi connectivity index (χ1) is 6.77. The number of hydrazine groups is 1. The SMILES string of the molecule is COCCCC(NN)C(C)(C)S(C)(=O)=O. The van der Waals surface area contributed by atoms with Crippen molar-refractivity contribution in [2.24, 2.45) is 5.84 Å². The van der Waals surface area contributed by atoms with Crippen LogP contribution in [0.3, 0.4) is 0 Å². The van der Waals surface area contributed by atoms with Crippen LogP contribution in [-0.2, 0) is 14.6 Å². The van der Waals surface area contributed by atoms with E-state index < -0.39 is 14.6 Å². The third-order valence-electron chi connectivity index (χ3n) is 2.84. The lowest BCUT2D eigenvalue weighted by Crippen LogP contribution is -2.53. The fourth-order valence-corrected chi connectivity index (χ4v) is 2.02. The van der Waals surface area contributed by atoms with E-state index in [9.17, 15) is 8.42 Å². The third-order valence-corrected chi connectivity index (χ3v) is 5.03. The van der Waals surface area contributed by atoms with Gasteiger partial charge in [0.05, 0.1) is 4.75 Å².